The average molecular weight is 300 g/mol. The van der Waals surface area contributed by atoms with E-state index in [0.29, 0.717) is 6.04 Å². The number of nitrogens with one attached hydrogen (secondary N) is 1. The quantitative estimate of drug-likeness (QED) is 0.646. The lowest BCUT2D eigenvalue weighted by atomic mass is 9.90. The maximum atomic E-state index is 9.77. The topological polar surface area (TPSA) is 38.7 Å². The van der Waals surface area contributed by atoms with Gasteiger partial charge in [0.2, 0.25) is 0 Å². The van der Waals surface area contributed by atoms with Gasteiger partial charge >= 0.3 is 0 Å². The molecule has 0 aromatic carbocycles. The highest BCUT2D eigenvalue weighted by Crippen LogP contribution is 2.18. The molecular weight excluding hydrogens is 262 g/mol. The fourth-order valence-corrected chi connectivity index (χ4v) is 3.32. The van der Waals surface area contributed by atoms with Gasteiger partial charge in [-0.25, -0.2) is 0 Å². The number of rotatable bonds is 10. The Kier molecular flexibility index (Phi) is 8.79. The lowest BCUT2D eigenvalue weighted by Crippen LogP contribution is -2.52. The molecule has 0 saturated carbocycles. The van der Waals surface area contributed by atoms with Gasteiger partial charge in [-0.1, -0.05) is 20.8 Å². The predicted molar refractivity (Wildman–Crippen MR) is 90.8 cm³/mol. The van der Waals surface area contributed by atoms with Crippen LogP contribution in [-0.4, -0.2) is 72.9 Å². The molecule has 0 spiro atoms. The molecule has 1 heterocycles. The van der Waals surface area contributed by atoms with Crippen LogP contribution in [0.1, 0.15) is 52.9 Å². The monoisotopic (exact) mass is 299 g/mol. The van der Waals surface area contributed by atoms with Crippen molar-refractivity contribution in [3.8, 4) is 0 Å². The van der Waals surface area contributed by atoms with Crippen molar-refractivity contribution < 1.29 is 5.11 Å². The first kappa shape index (κ1) is 18.9. The summed E-state index contributed by atoms with van der Waals surface area (Å²) in [5.41, 5.74) is -0.0628. The first-order valence-electron chi connectivity index (χ1n) is 8.89. The van der Waals surface area contributed by atoms with Gasteiger partial charge in [-0.3, -0.25) is 0 Å². The van der Waals surface area contributed by atoms with Crippen LogP contribution in [0.3, 0.4) is 0 Å². The number of aliphatic hydroxyl groups is 1. The lowest BCUT2D eigenvalue weighted by molar-refractivity contribution is 0.0854. The molecule has 0 aromatic rings. The third-order valence-electron chi connectivity index (χ3n) is 5.19. The minimum atomic E-state index is -0.0628. The molecule has 126 valence electrons. The second-order valence-corrected chi connectivity index (χ2v) is 6.67. The molecule has 21 heavy (non-hydrogen) atoms. The molecule has 4 nitrogen and oxygen atoms in total. The third-order valence-corrected chi connectivity index (χ3v) is 5.19. The Morgan fingerprint density at radius 3 is 2.57 bits per heavy atom. The highest BCUT2D eigenvalue weighted by molar-refractivity contribution is 4.87. The highest BCUT2D eigenvalue weighted by Gasteiger charge is 2.27. The van der Waals surface area contributed by atoms with Gasteiger partial charge in [-0.2, -0.15) is 0 Å². The lowest BCUT2D eigenvalue weighted by Gasteiger charge is -2.40. The van der Waals surface area contributed by atoms with Crippen molar-refractivity contribution >= 4 is 0 Å². The van der Waals surface area contributed by atoms with Crippen LogP contribution >= 0.6 is 0 Å². The van der Waals surface area contributed by atoms with Gasteiger partial charge in [0.25, 0.3) is 0 Å². The van der Waals surface area contributed by atoms with E-state index in [-0.39, 0.29) is 12.1 Å². The van der Waals surface area contributed by atoms with E-state index in [4.69, 9.17) is 0 Å². The van der Waals surface area contributed by atoms with Crippen molar-refractivity contribution in [2.45, 2.75) is 64.5 Å². The van der Waals surface area contributed by atoms with Crippen molar-refractivity contribution in [3.63, 3.8) is 0 Å². The van der Waals surface area contributed by atoms with Crippen LogP contribution in [0, 0.1) is 0 Å². The zero-order chi connectivity index (χ0) is 15.7. The maximum Gasteiger partial charge on any atom is 0.0613 e. The summed E-state index contributed by atoms with van der Waals surface area (Å²) in [6, 6.07) is 0.714. The van der Waals surface area contributed by atoms with E-state index in [2.05, 4.69) is 42.9 Å². The molecule has 0 radical (unpaired) electrons. The van der Waals surface area contributed by atoms with Crippen LogP contribution in [0.2, 0.25) is 0 Å². The summed E-state index contributed by atoms with van der Waals surface area (Å²) < 4.78 is 0. The molecule has 2 unspecified atom stereocenters. The summed E-state index contributed by atoms with van der Waals surface area (Å²) in [7, 11) is 2.24. The number of hydrogen-bond donors (Lipinski definition) is 2. The van der Waals surface area contributed by atoms with E-state index >= 15 is 0 Å². The Labute approximate surface area is 131 Å². The second kappa shape index (κ2) is 9.78. The van der Waals surface area contributed by atoms with Crippen LogP contribution in [0.4, 0.5) is 0 Å². The SMILES string of the molecule is CCCNC(CC)(CO)CCCN1CCN(C)C(CC)C1. The van der Waals surface area contributed by atoms with Crippen molar-refractivity contribution in [2.24, 2.45) is 0 Å². The Morgan fingerprint density at radius 2 is 2.00 bits per heavy atom. The molecule has 0 bridgehead atoms. The van der Waals surface area contributed by atoms with E-state index in [1.165, 1.54) is 39.0 Å². The standard InChI is InChI=1S/C17H37N3O/c1-5-10-18-17(7-3,15-21)9-8-11-20-13-12-19(4)16(6-2)14-20/h16,18,21H,5-15H2,1-4H3. The number of aliphatic hydroxyl groups excluding tert-OH is 1. The van der Waals surface area contributed by atoms with Crippen molar-refractivity contribution in [3.05, 3.63) is 0 Å². The van der Waals surface area contributed by atoms with Crippen molar-refractivity contribution in [1.29, 1.82) is 0 Å². The Morgan fingerprint density at radius 1 is 1.24 bits per heavy atom. The molecule has 1 aliphatic rings. The molecule has 1 saturated heterocycles. The van der Waals surface area contributed by atoms with E-state index in [9.17, 15) is 5.11 Å². The molecule has 1 rings (SSSR count). The van der Waals surface area contributed by atoms with Crippen LogP contribution in [0.15, 0.2) is 0 Å². The summed E-state index contributed by atoms with van der Waals surface area (Å²) in [6.07, 6.45) is 5.61. The van der Waals surface area contributed by atoms with E-state index in [0.717, 1.165) is 25.8 Å². The van der Waals surface area contributed by atoms with Crippen LogP contribution < -0.4 is 5.32 Å². The summed E-state index contributed by atoms with van der Waals surface area (Å²) in [4.78, 5) is 5.09. The molecule has 2 N–H and O–H groups in total. The smallest absolute Gasteiger partial charge is 0.0613 e. The Bertz CT molecular complexity index is 269. The first-order valence-corrected chi connectivity index (χ1v) is 8.89. The number of likely N-dealkylation sites (N-methyl/N-ethyl adjacent to an activating group) is 1. The average Bonchev–Trinajstić information content (AvgIpc) is 2.52. The van der Waals surface area contributed by atoms with Crippen LogP contribution in [0.5, 0.6) is 0 Å². The largest absolute Gasteiger partial charge is 0.394 e. The minimum Gasteiger partial charge on any atom is -0.394 e. The number of nitrogens with zero attached hydrogens (tertiary/aromatic N) is 2. The van der Waals surface area contributed by atoms with Gasteiger partial charge in [-0.15, -0.1) is 0 Å². The van der Waals surface area contributed by atoms with Gasteiger partial charge in [0.15, 0.2) is 0 Å². The molecular formula is C17H37N3O. The molecule has 1 fully saturated rings. The van der Waals surface area contributed by atoms with Gasteiger partial charge in [0.05, 0.1) is 6.61 Å². The van der Waals surface area contributed by atoms with E-state index in [1.807, 2.05) is 0 Å². The van der Waals surface area contributed by atoms with E-state index in [1.54, 1.807) is 0 Å². The molecule has 0 aromatic heterocycles. The number of piperazine rings is 1. The summed E-state index contributed by atoms with van der Waals surface area (Å²) >= 11 is 0. The van der Waals surface area contributed by atoms with Gasteiger partial charge in [-0.05, 0) is 52.2 Å². The zero-order valence-electron chi connectivity index (χ0n) is 14.7. The fourth-order valence-electron chi connectivity index (χ4n) is 3.32. The van der Waals surface area contributed by atoms with Gasteiger partial charge < -0.3 is 20.2 Å². The van der Waals surface area contributed by atoms with Crippen molar-refractivity contribution in [2.75, 3.05) is 46.4 Å². The minimum absolute atomic E-state index is 0.0628. The molecule has 4 heteroatoms. The van der Waals surface area contributed by atoms with Crippen molar-refractivity contribution in [1.82, 2.24) is 15.1 Å². The normalized spacial score (nSPS) is 24.1. The zero-order valence-corrected chi connectivity index (χ0v) is 14.7. The summed E-state index contributed by atoms with van der Waals surface area (Å²) in [5.74, 6) is 0. The summed E-state index contributed by atoms with van der Waals surface area (Å²) in [5, 5.41) is 13.3. The fraction of sp³-hybridized carbons (Fsp3) is 1.00. The molecule has 2 atom stereocenters. The maximum absolute atomic E-state index is 9.77. The Hall–Kier alpha value is -0.160. The first-order chi connectivity index (χ1) is 10.1. The van der Waals surface area contributed by atoms with Gasteiger partial charge in [0.1, 0.15) is 0 Å². The molecule has 1 aliphatic heterocycles. The Balaban J connectivity index is 2.36. The third kappa shape index (κ3) is 5.85. The highest BCUT2D eigenvalue weighted by atomic mass is 16.3. The van der Waals surface area contributed by atoms with Crippen LogP contribution in [-0.2, 0) is 0 Å². The molecule has 0 aliphatic carbocycles. The summed E-state index contributed by atoms with van der Waals surface area (Å²) in [6.45, 7) is 12.6. The molecule has 0 amide bonds. The second-order valence-electron chi connectivity index (χ2n) is 6.67. The van der Waals surface area contributed by atoms with E-state index < -0.39 is 0 Å². The van der Waals surface area contributed by atoms with Crippen LogP contribution in [0.25, 0.3) is 0 Å². The van der Waals surface area contributed by atoms with Gasteiger partial charge in [0, 0.05) is 31.2 Å². The predicted octanol–water partition coefficient (Wildman–Crippen LogP) is 1.93. The number of hydrogen-bond acceptors (Lipinski definition) is 4.